The molecule has 80 heavy (non-hydrogen) atoms. The lowest BCUT2D eigenvalue weighted by atomic mass is 10.0. The van der Waals surface area contributed by atoms with E-state index in [0.29, 0.717) is 48.7 Å². The molecule has 2 atom stereocenters. The summed E-state index contributed by atoms with van der Waals surface area (Å²) in [7, 11) is 0. The Hall–Kier alpha value is -7.20. The summed E-state index contributed by atoms with van der Waals surface area (Å²) in [6.45, 7) is 9.56. The molecule has 0 heterocycles. The van der Waals surface area contributed by atoms with Gasteiger partial charge in [-0.25, -0.2) is 9.59 Å². The van der Waals surface area contributed by atoms with Crippen LogP contribution in [-0.2, 0) is 19.1 Å². The maximum Gasteiger partial charge on any atom is 0.338 e. The summed E-state index contributed by atoms with van der Waals surface area (Å²) >= 11 is 0. The maximum atomic E-state index is 12.6. The summed E-state index contributed by atoms with van der Waals surface area (Å²) in [5, 5.41) is 0. The van der Waals surface area contributed by atoms with Crippen molar-refractivity contribution in [1.29, 1.82) is 0 Å². The van der Waals surface area contributed by atoms with Crippen LogP contribution in [0.15, 0.2) is 146 Å². The van der Waals surface area contributed by atoms with Gasteiger partial charge in [-0.1, -0.05) is 164 Å². The summed E-state index contributed by atoms with van der Waals surface area (Å²) < 4.78 is 34.5. The third-order valence-corrected chi connectivity index (χ3v) is 14.3. The number of hydrogen-bond donors (Lipinski definition) is 0. The van der Waals surface area contributed by atoms with Crippen LogP contribution in [0.5, 0.6) is 23.0 Å². The molecule has 0 bridgehead atoms. The molecule has 6 aromatic carbocycles. The summed E-state index contributed by atoms with van der Waals surface area (Å²) in [5.74, 6) is 1.68. The second kappa shape index (κ2) is 35.4. The zero-order valence-electron chi connectivity index (χ0n) is 48.1. The highest BCUT2D eigenvalue weighted by Gasteiger charge is 2.15. The second-order valence-corrected chi connectivity index (χ2v) is 21.1. The lowest BCUT2D eigenvalue weighted by Crippen LogP contribution is -2.15. The van der Waals surface area contributed by atoms with Gasteiger partial charge >= 0.3 is 23.9 Å². The van der Waals surface area contributed by atoms with Gasteiger partial charge in [-0.2, -0.15) is 0 Å². The summed E-state index contributed by atoms with van der Waals surface area (Å²) in [6.07, 6.45) is 21.0. The van der Waals surface area contributed by atoms with Gasteiger partial charge in [0.05, 0.1) is 36.5 Å². The van der Waals surface area contributed by atoms with Gasteiger partial charge < -0.3 is 28.4 Å². The Balaban J connectivity index is 0.747. The van der Waals surface area contributed by atoms with Gasteiger partial charge in [-0.3, -0.25) is 9.59 Å². The minimum Gasteiger partial charge on any atom is -0.494 e. The number of rotatable bonds is 37. The lowest BCUT2D eigenvalue weighted by Gasteiger charge is -2.13. The SMILES string of the molecule is CCCCCC[C@H](C)OC(=O)c1ccc(-c2ccc(OC(=O)CCCCCCCOc3ccc(-c4ccc(OCCCCCCCC(=O)Oc5ccc(-c6ccc(C(=O)O[C@@H](C)CCCCCC)cc6)cc5)cc4)cc3)cc2)cc1. The quantitative estimate of drug-likeness (QED) is 0.0212. The number of hydrogen-bond acceptors (Lipinski definition) is 10. The predicted molar refractivity (Wildman–Crippen MR) is 321 cm³/mol. The van der Waals surface area contributed by atoms with Crippen molar-refractivity contribution < 1.29 is 47.6 Å². The van der Waals surface area contributed by atoms with E-state index in [4.69, 9.17) is 28.4 Å². The van der Waals surface area contributed by atoms with E-state index >= 15 is 0 Å². The van der Waals surface area contributed by atoms with E-state index in [2.05, 4.69) is 38.1 Å². The number of ether oxygens (including phenoxy) is 6. The Bertz CT molecular complexity index is 2520. The van der Waals surface area contributed by atoms with Crippen LogP contribution in [0, 0.1) is 0 Å². The van der Waals surface area contributed by atoms with Gasteiger partial charge in [-0.05, 0) is 171 Å². The van der Waals surface area contributed by atoms with E-state index in [9.17, 15) is 19.2 Å². The zero-order chi connectivity index (χ0) is 56.6. The summed E-state index contributed by atoms with van der Waals surface area (Å²) in [6, 6.07) is 46.1. The van der Waals surface area contributed by atoms with Crippen LogP contribution in [0.25, 0.3) is 33.4 Å². The molecule has 10 nitrogen and oxygen atoms in total. The summed E-state index contributed by atoms with van der Waals surface area (Å²) in [4.78, 5) is 50.3. The monoisotopic (exact) mass is 1090 g/mol. The molecule has 0 amide bonds. The van der Waals surface area contributed by atoms with E-state index in [1.165, 1.54) is 25.7 Å². The Morgan fingerprint density at radius 2 is 0.600 bits per heavy atom. The molecule has 426 valence electrons. The molecule has 0 aromatic heterocycles. The number of carbonyl (C=O) groups is 4. The molecule has 0 saturated carbocycles. The fraction of sp³-hybridized carbons (Fsp3) is 0.429. The summed E-state index contributed by atoms with van der Waals surface area (Å²) in [5.41, 5.74) is 7.17. The highest BCUT2D eigenvalue weighted by atomic mass is 16.6. The van der Waals surface area contributed by atoms with Crippen molar-refractivity contribution in [3.05, 3.63) is 157 Å². The molecule has 0 fully saturated rings. The van der Waals surface area contributed by atoms with Crippen molar-refractivity contribution in [2.75, 3.05) is 13.2 Å². The number of unbranched alkanes of at least 4 members (excludes halogenated alkanes) is 14. The van der Waals surface area contributed by atoms with Gasteiger partial charge in [0.15, 0.2) is 0 Å². The molecular formula is C70H86O10. The van der Waals surface area contributed by atoms with Crippen LogP contribution in [0.3, 0.4) is 0 Å². The molecule has 10 heteroatoms. The second-order valence-electron chi connectivity index (χ2n) is 21.1. The van der Waals surface area contributed by atoms with E-state index in [1.54, 1.807) is 48.5 Å². The van der Waals surface area contributed by atoms with E-state index in [1.807, 2.05) is 86.6 Å². The van der Waals surface area contributed by atoms with Crippen LogP contribution < -0.4 is 18.9 Å². The molecule has 6 rings (SSSR count). The highest BCUT2D eigenvalue weighted by molar-refractivity contribution is 5.91. The van der Waals surface area contributed by atoms with Crippen molar-refractivity contribution in [1.82, 2.24) is 0 Å². The molecule has 0 aliphatic carbocycles. The lowest BCUT2D eigenvalue weighted by molar-refractivity contribution is -0.135. The normalized spacial score (nSPS) is 11.8. The van der Waals surface area contributed by atoms with Gasteiger partial charge in [0, 0.05) is 12.8 Å². The highest BCUT2D eigenvalue weighted by Crippen LogP contribution is 2.28. The predicted octanol–water partition coefficient (Wildman–Crippen LogP) is 18.4. The van der Waals surface area contributed by atoms with Crippen LogP contribution >= 0.6 is 0 Å². The van der Waals surface area contributed by atoms with Crippen molar-refractivity contribution >= 4 is 23.9 Å². The van der Waals surface area contributed by atoms with Gasteiger partial charge in [0.2, 0.25) is 0 Å². The first-order valence-corrected chi connectivity index (χ1v) is 29.8. The Kier molecular flexibility index (Phi) is 27.5. The molecule has 6 aromatic rings. The van der Waals surface area contributed by atoms with E-state index in [0.717, 1.165) is 148 Å². The Morgan fingerprint density at radius 1 is 0.325 bits per heavy atom. The van der Waals surface area contributed by atoms with Gasteiger partial charge in [0.1, 0.15) is 23.0 Å². The Morgan fingerprint density at radius 3 is 0.925 bits per heavy atom. The molecule has 0 spiro atoms. The topological polar surface area (TPSA) is 124 Å². The molecule has 0 aliphatic heterocycles. The maximum absolute atomic E-state index is 12.6. The third kappa shape index (κ3) is 22.9. The zero-order valence-corrected chi connectivity index (χ0v) is 48.1. The van der Waals surface area contributed by atoms with Gasteiger partial charge in [0.25, 0.3) is 0 Å². The average molecular weight is 1090 g/mol. The van der Waals surface area contributed by atoms with Crippen molar-refractivity contribution in [2.45, 2.75) is 181 Å². The Labute approximate surface area is 476 Å². The molecule has 0 unspecified atom stereocenters. The van der Waals surface area contributed by atoms with Crippen molar-refractivity contribution in [3.63, 3.8) is 0 Å². The molecule has 0 aliphatic rings. The molecular weight excluding hydrogens is 1000 g/mol. The van der Waals surface area contributed by atoms with Crippen LogP contribution in [0.1, 0.15) is 190 Å². The average Bonchev–Trinajstić information content (AvgIpc) is 3.48. The van der Waals surface area contributed by atoms with Crippen molar-refractivity contribution in [3.8, 4) is 56.4 Å². The fourth-order valence-corrected chi connectivity index (χ4v) is 9.40. The first-order chi connectivity index (χ1) is 39.1. The van der Waals surface area contributed by atoms with Crippen LogP contribution in [-0.4, -0.2) is 49.3 Å². The first-order valence-electron chi connectivity index (χ1n) is 29.8. The third-order valence-electron chi connectivity index (χ3n) is 14.3. The van der Waals surface area contributed by atoms with Gasteiger partial charge in [-0.15, -0.1) is 0 Å². The number of esters is 4. The molecule has 0 radical (unpaired) electrons. The largest absolute Gasteiger partial charge is 0.494 e. The smallest absolute Gasteiger partial charge is 0.338 e. The number of carbonyl (C=O) groups excluding carboxylic acids is 4. The molecule has 0 saturated heterocycles. The molecule has 0 N–H and O–H groups in total. The van der Waals surface area contributed by atoms with Crippen LogP contribution in [0.4, 0.5) is 0 Å². The number of benzene rings is 6. The van der Waals surface area contributed by atoms with E-state index in [-0.39, 0.29) is 36.1 Å². The van der Waals surface area contributed by atoms with Crippen molar-refractivity contribution in [2.24, 2.45) is 0 Å². The van der Waals surface area contributed by atoms with E-state index < -0.39 is 0 Å². The van der Waals surface area contributed by atoms with Crippen LogP contribution in [0.2, 0.25) is 0 Å². The minimum absolute atomic E-state index is 0.0995. The standard InChI is InChI=1S/C70H86O10/c1-5-7-9-17-23-53(3)77-69(73)61-31-27-55(28-32-61)59-39-47-65(48-40-59)79-67(71)25-19-13-11-15-21-51-75-63-43-35-57(36-44-63)58-37-45-64(46-38-58)76-52-22-16-12-14-20-26-68(72)80-66-49-41-60(42-50-66)56-29-33-62(34-30-56)70(74)78-54(4)24-18-10-8-6-2/h27-50,53-54H,5-26,51-52H2,1-4H3/t53-,54-/m0/s1. The fourth-order valence-electron chi connectivity index (χ4n) is 9.40. The minimum atomic E-state index is -0.296. The first kappa shape index (κ1) is 62.0.